The third-order valence-corrected chi connectivity index (χ3v) is 8.41. The molecule has 0 bridgehead atoms. The fourth-order valence-corrected chi connectivity index (χ4v) is 6.20. The van der Waals surface area contributed by atoms with Crippen LogP contribution in [0.3, 0.4) is 0 Å². The number of benzene rings is 2. The van der Waals surface area contributed by atoms with E-state index in [4.69, 9.17) is 21.1 Å². The first-order chi connectivity index (χ1) is 15.3. The lowest BCUT2D eigenvalue weighted by molar-refractivity contribution is -0.134. The molecule has 2 heterocycles. The summed E-state index contributed by atoms with van der Waals surface area (Å²) in [5.41, 5.74) is 0.776. The summed E-state index contributed by atoms with van der Waals surface area (Å²) in [6.45, 7) is 1.71. The number of carbonyl (C=O) groups excluding carboxylic acids is 1. The van der Waals surface area contributed by atoms with Crippen LogP contribution in [0.4, 0.5) is 0 Å². The lowest BCUT2D eigenvalue weighted by atomic mass is 9.87. The minimum atomic E-state index is -3.79. The van der Waals surface area contributed by atoms with E-state index in [1.54, 1.807) is 38.5 Å². The Bertz CT molecular complexity index is 1080. The van der Waals surface area contributed by atoms with Gasteiger partial charge in [0.1, 0.15) is 11.5 Å². The highest BCUT2D eigenvalue weighted by Crippen LogP contribution is 2.42. The van der Waals surface area contributed by atoms with Gasteiger partial charge in [0, 0.05) is 42.7 Å². The molecule has 32 heavy (non-hydrogen) atoms. The molecule has 7 nitrogen and oxygen atoms in total. The van der Waals surface area contributed by atoms with E-state index in [0.717, 1.165) is 18.4 Å². The highest BCUT2D eigenvalue weighted by atomic mass is 35.5. The van der Waals surface area contributed by atoms with Gasteiger partial charge in [0.05, 0.1) is 25.0 Å². The fraction of sp³-hybridized carbons (Fsp3) is 0.435. The second kappa shape index (κ2) is 9.29. The third-order valence-electron chi connectivity index (χ3n) is 6.31. The van der Waals surface area contributed by atoms with E-state index >= 15 is 0 Å². The lowest BCUT2D eigenvalue weighted by Crippen LogP contribution is -2.37. The minimum Gasteiger partial charge on any atom is -0.497 e. The molecule has 2 atom stereocenters. The van der Waals surface area contributed by atoms with Crippen molar-refractivity contribution in [3.8, 4) is 11.5 Å². The van der Waals surface area contributed by atoms with Gasteiger partial charge in [-0.2, -0.15) is 4.31 Å². The van der Waals surface area contributed by atoms with Gasteiger partial charge < -0.3 is 14.4 Å². The summed E-state index contributed by atoms with van der Waals surface area (Å²) in [7, 11) is -0.647. The molecular weight excluding hydrogens is 452 g/mol. The normalized spacial score (nSPS) is 21.7. The van der Waals surface area contributed by atoms with Gasteiger partial charge in [-0.25, -0.2) is 8.42 Å². The zero-order valence-corrected chi connectivity index (χ0v) is 19.7. The van der Waals surface area contributed by atoms with E-state index in [-0.39, 0.29) is 29.8 Å². The summed E-state index contributed by atoms with van der Waals surface area (Å²) in [4.78, 5) is 15.5. The molecule has 2 aromatic carbocycles. The predicted octanol–water partition coefficient (Wildman–Crippen LogP) is 3.38. The fourth-order valence-electron chi connectivity index (χ4n) is 4.59. The van der Waals surface area contributed by atoms with E-state index in [1.807, 2.05) is 11.0 Å². The van der Waals surface area contributed by atoms with Crippen molar-refractivity contribution in [2.24, 2.45) is 5.92 Å². The van der Waals surface area contributed by atoms with Crippen LogP contribution in [0.2, 0.25) is 5.02 Å². The number of likely N-dealkylation sites (tertiary alicyclic amines) is 1. The molecule has 2 fully saturated rings. The maximum absolute atomic E-state index is 13.5. The van der Waals surface area contributed by atoms with E-state index in [9.17, 15) is 13.2 Å². The van der Waals surface area contributed by atoms with Gasteiger partial charge in [-0.15, -0.1) is 0 Å². The van der Waals surface area contributed by atoms with Gasteiger partial charge in [-0.3, -0.25) is 4.79 Å². The molecule has 0 radical (unpaired) electrons. The van der Waals surface area contributed by atoms with Crippen LogP contribution in [0.15, 0.2) is 47.4 Å². The van der Waals surface area contributed by atoms with Crippen molar-refractivity contribution in [1.29, 1.82) is 0 Å². The third kappa shape index (κ3) is 4.31. The Morgan fingerprint density at radius 3 is 2.31 bits per heavy atom. The molecule has 4 rings (SSSR count). The predicted molar refractivity (Wildman–Crippen MR) is 122 cm³/mol. The molecule has 1 amide bonds. The van der Waals surface area contributed by atoms with Gasteiger partial charge in [-0.05, 0) is 55.3 Å². The highest BCUT2D eigenvalue weighted by molar-refractivity contribution is 7.89. The van der Waals surface area contributed by atoms with Crippen molar-refractivity contribution < 1.29 is 22.7 Å². The molecule has 0 aromatic heterocycles. The van der Waals surface area contributed by atoms with Crippen molar-refractivity contribution in [1.82, 2.24) is 9.21 Å². The number of carbonyl (C=O) groups is 1. The van der Waals surface area contributed by atoms with Crippen LogP contribution in [-0.4, -0.2) is 63.9 Å². The number of nitrogens with zero attached hydrogens (tertiary/aromatic N) is 2. The van der Waals surface area contributed by atoms with Crippen LogP contribution >= 0.6 is 11.6 Å². The minimum absolute atomic E-state index is 0.00817. The molecule has 2 unspecified atom stereocenters. The average Bonchev–Trinajstić information content (AvgIpc) is 3.49. The van der Waals surface area contributed by atoms with Crippen molar-refractivity contribution in [2.45, 2.75) is 23.7 Å². The van der Waals surface area contributed by atoms with Gasteiger partial charge in [-0.1, -0.05) is 11.6 Å². The van der Waals surface area contributed by atoms with Crippen molar-refractivity contribution >= 4 is 27.5 Å². The van der Waals surface area contributed by atoms with Crippen molar-refractivity contribution in [2.75, 3.05) is 40.4 Å². The Kier molecular flexibility index (Phi) is 6.65. The van der Waals surface area contributed by atoms with E-state index in [0.29, 0.717) is 29.6 Å². The quantitative estimate of drug-likeness (QED) is 0.636. The van der Waals surface area contributed by atoms with Crippen molar-refractivity contribution in [3.63, 3.8) is 0 Å². The van der Waals surface area contributed by atoms with Gasteiger partial charge >= 0.3 is 0 Å². The Labute approximate surface area is 193 Å². The zero-order valence-electron chi connectivity index (χ0n) is 18.2. The summed E-state index contributed by atoms with van der Waals surface area (Å²) < 4.78 is 39.1. The molecule has 2 aliphatic rings. The molecule has 0 aliphatic carbocycles. The topological polar surface area (TPSA) is 76.1 Å². The van der Waals surface area contributed by atoms with Crippen LogP contribution in [0.5, 0.6) is 11.5 Å². The first kappa shape index (κ1) is 22.9. The summed E-state index contributed by atoms with van der Waals surface area (Å²) >= 11 is 5.94. The van der Waals surface area contributed by atoms with Crippen LogP contribution in [0.25, 0.3) is 0 Å². The zero-order chi connectivity index (χ0) is 22.9. The standard InChI is InChI=1S/C23H27ClN2O5S/c1-30-17-7-10-22(31-2)19(13-17)20-14-26(15-21(20)23(27)25-11-3-4-12-25)32(28,29)18-8-5-16(24)6-9-18/h5-10,13,20-21H,3-4,11-12,14-15H2,1-2H3. The lowest BCUT2D eigenvalue weighted by Gasteiger charge is -2.25. The maximum atomic E-state index is 13.5. The van der Waals surface area contributed by atoms with Crippen molar-refractivity contribution in [3.05, 3.63) is 53.1 Å². The molecule has 9 heteroatoms. The number of hydrogen-bond donors (Lipinski definition) is 0. The average molecular weight is 479 g/mol. The highest BCUT2D eigenvalue weighted by Gasteiger charge is 2.46. The summed E-state index contributed by atoms with van der Waals surface area (Å²) in [5.74, 6) is 0.380. The molecule has 0 saturated carbocycles. The molecule has 2 aliphatic heterocycles. The van der Waals surface area contributed by atoms with Crippen LogP contribution in [0, 0.1) is 5.92 Å². The first-order valence-electron chi connectivity index (χ1n) is 10.6. The van der Waals surface area contributed by atoms with Crippen LogP contribution < -0.4 is 9.47 Å². The number of amides is 1. The number of ether oxygens (including phenoxy) is 2. The van der Waals surface area contributed by atoms with E-state index in [1.165, 1.54) is 16.4 Å². The molecule has 0 spiro atoms. The molecule has 172 valence electrons. The van der Waals surface area contributed by atoms with Crippen LogP contribution in [0.1, 0.15) is 24.3 Å². The SMILES string of the molecule is COc1ccc(OC)c(C2CN(S(=O)(=O)c3ccc(Cl)cc3)CC2C(=O)N2CCCC2)c1. The maximum Gasteiger partial charge on any atom is 0.243 e. The number of hydrogen-bond acceptors (Lipinski definition) is 5. The Hall–Kier alpha value is -2.29. The second-order valence-corrected chi connectivity index (χ2v) is 10.5. The van der Waals surface area contributed by atoms with E-state index < -0.39 is 15.9 Å². The first-order valence-corrected chi connectivity index (χ1v) is 12.4. The molecule has 2 saturated heterocycles. The largest absolute Gasteiger partial charge is 0.497 e. The molecule has 2 aromatic rings. The Morgan fingerprint density at radius 2 is 1.69 bits per heavy atom. The number of methoxy groups -OCH3 is 2. The smallest absolute Gasteiger partial charge is 0.243 e. The van der Waals surface area contributed by atoms with E-state index in [2.05, 4.69) is 0 Å². The Balaban J connectivity index is 1.73. The number of rotatable bonds is 6. The Morgan fingerprint density at radius 1 is 1.00 bits per heavy atom. The molecule has 0 N–H and O–H groups in total. The van der Waals surface area contributed by atoms with Crippen LogP contribution in [-0.2, 0) is 14.8 Å². The summed E-state index contributed by atoms with van der Waals surface area (Å²) in [6, 6.07) is 11.5. The van der Waals surface area contributed by atoms with Gasteiger partial charge in [0.25, 0.3) is 0 Å². The second-order valence-electron chi connectivity index (χ2n) is 8.13. The number of halogens is 1. The van der Waals surface area contributed by atoms with Gasteiger partial charge in [0.15, 0.2) is 0 Å². The molecular formula is C23H27ClN2O5S. The van der Waals surface area contributed by atoms with Gasteiger partial charge in [0.2, 0.25) is 15.9 Å². The number of sulfonamides is 1. The summed E-state index contributed by atoms with van der Waals surface area (Å²) in [6.07, 6.45) is 1.94. The summed E-state index contributed by atoms with van der Waals surface area (Å²) in [5, 5.41) is 0.464. The monoisotopic (exact) mass is 478 g/mol.